The van der Waals surface area contributed by atoms with Crippen molar-refractivity contribution in [3.63, 3.8) is 0 Å². The van der Waals surface area contributed by atoms with Gasteiger partial charge in [-0.3, -0.25) is 14.5 Å². The molecule has 0 N–H and O–H groups in total. The summed E-state index contributed by atoms with van der Waals surface area (Å²) in [6, 6.07) is 22.4. The van der Waals surface area contributed by atoms with Crippen molar-refractivity contribution in [1.82, 2.24) is 9.47 Å². The molecule has 1 aliphatic heterocycles. The van der Waals surface area contributed by atoms with Gasteiger partial charge in [0.15, 0.2) is 0 Å². The summed E-state index contributed by atoms with van der Waals surface area (Å²) in [5, 5.41) is 2.34. The molecule has 0 aliphatic carbocycles. The lowest BCUT2D eigenvalue weighted by Gasteiger charge is -2.25. The van der Waals surface area contributed by atoms with Crippen LogP contribution in [-0.2, 0) is 16.1 Å². The number of benzene rings is 3. The van der Waals surface area contributed by atoms with Crippen LogP contribution in [0.2, 0.25) is 0 Å². The van der Waals surface area contributed by atoms with Crippen LogP contribution in [0.3, 0.4) is 0 Å². The van der Waals surface area contributed by atoms with Crippen molar-refractivity contribution in [1.29, 1.82) is 0 Å². The van der Waals surface area contributed by atoms with Crippen LogP contribution in [0.1, 0.15) is 24.8 Å². The van der Waals surface area contributed by atoms with Gasteiger partial charge in [0.1, 0.15) is 5.75 Å². The molecule has 0 atom stereocenters. The lowest BCUT2D eigenvalue weighted by atomic mass is 10.1. The average Bonchev–Trinajstić information content (AvgIpc) is 3.11. The maximum Gasteiger partial charge on any atom is 0.229 e. The quantitative estimate of drug-likeness (QED) is 0.463. The number of methoxy groups -OCH3 is 1. The van der Waals surface area contributed by atoms with Crippen LogP contribution in [0.4, 0.5) is 0 Å². The lowest BCUT2D eigenvalue weighted by Crippen LogP contribution is -2.39. The van der Waals surface area contributed by atoms with Crippen LogP contribution in [0, 0.1) is 0 Å². The Morgan fingerprint density at radius 3 is 2.03 bits per heavy atom. The van der Waals surface area contributed by atoms with Crippen molar-refractivity contribution in [2.45, 2.75) is 25.8 Å². The minimum atomic E-state index is -0.0968. The second-order valence-corrected chi connectivity index (χ2v) is 7.60. The van der Waals surface area contributed by atoms with Gasteiger partial charge in [-0.2, -0.15) is 0 Å². The van der Waals surface area contributed by atoms with Crippen LogP contribution in [0.15, 0.2) is 66.7 Å². The molecule has 0 bridgehead atoms. The van der Waals surface area contributed by atoms with Crippen molar-refractivity contribution in [2.75, 3.05) is 7.11 Å². The topological polar surface area (TPSA) is 51.5 Å². The van der Waals surface area contributed by atoms with E-state index in [1.54, 1.807) is 7.11 Å². The number of ether oxygens (including phenoxy) is 1. The average molecular weight is 398 g/mol. The molecule has 0 spiro atoms. The number of hydrogen-bond acceptors (Lipinski definition) is 3. The summed E-state index contributed by atoms with van der Waals surface area (Å²) in [5.41, 5.74) is 3.96. The van der Waals surface area contributed by atoms with Gasteiger partial charge in [0.05, 0.1) is 30.4 Å². The van der Waals surface area contributed by atoms with Gasteiger partial charge < -0.3 is 9.30 Å². The Morgan fingerprint density at radius 1 is 0.833 bits per heavy atom. The summed E-state index contributed by atoms with van der Waals surface area (Å²) >= 11 is 0. The van der Waals surface area contributed by atoms with Gasteiger partial charge in [0.25, 0.3) is 0 Å². The number of hydrogen-bond donors (Lipinski definition) is 0. The fraction of sp³-hybridized carbons (Fsp3) is 0.200. The Bertz CT molecular complexity index is 1220. The molecule has 30 heavy (non-hydrogen) atoms. The standard InChI is InChI=1S/C25H22N2O3/c1-30-23-14-13-17(16-26-24(28)11-6-12-25(26)29)15-22(23)27-20-9-4-2-7-18(20)19-8-3-5-10-21(19)27/h2-5,7-10,13-15H,6,11-12,16H2,1H3. The van der Waals surface area contributed by atoms with Gasteiger partial charge >= 0.3 is 0 Å². The maximum absolute atomic E-state index is 12.3. The number of carbonyl (C=O) groups excluding carboxylic acids is 2. The van der Waals surface area contributed by atoms with E-state index in [0.29, 0.717) is 19.3 Å². The van der Waals surface area contributed by atoms with Crippen molar-refractivity contribution in [2.24, 2.45) is 0 Å². The number of aromatic nitrogens is 1. The Labute approximate surface area is 174 Å². The molecule has 2 heterocycles. The molecular weight excluding hydrogens is 376 g/mol. The highest BCUT2D eigenvalue weighted by molar-refractivity contribution is 6.09. The van der Waals surface area contributed by atoms with E-state index in [-0.39, 0.29) is 18.4 Å². The highest BCUT2D eigenvalue weighted by Crippen LogP contribution is 2.35. The second-order valence-electron chi connectivity index (χ2n) is 7.60. The van der Waals surface area contributed by atoms with Crippen molar-refractivity contribution in [3.05, 3.63) is 72.3 Å². The van der Waals surface area contributed by atoms with Crippen LogP contribution in [-0.4, -0.2) is 28.4 Å². The van der Waals surface area contributed by atoms with Crippen molar-refractivity contribution < 1.29 is 14.3 Å². The zero-order valence-corrected chi connectivity index (χ0v) is 16.8. The number of carbonyl (C=O) groups is 2. The van der Waals surface area contributed by atoms with Gasteiger partial charge in [-0.05, 0) is 36.2 Å². The number of rotatable bonds is 4. The van der Waals surface area contributed by atoms with Gasteiger partial charge in [-0.15, -0.1) is 0 Å². The molecule has 0 unspecified atom stereocenters. The first-order chi connectivity index (χ1) is 14.7. The number of fused-ring (bicyclic) bond motifs is 3. The Morgan fingerprint density at radius 2 is 1.43 bits per heavy atom. The number of amides is 2. The van der Waals surface area contributed by atoms with E-state index in [1.807, 2.05) is 42.5 Å². The molecule has 5 rings (SSSR count). The van der Waals surface area contributed by atoms with E-state index in [1.165, 1.54) is 15.7 Å². The summed E-state index contributed by atoms with van der Waals surface area (Å²) in [4.78, 5) is 25.9. The molecule has 0 saturated carbocycles. The second kappa shape index (κ2) is 7.34. The first kappa shape index (κ1) is 18.4. The third-order valence-electron chi connectivity index (χ3n) is 5.79. The molecular formula is C25H22N2O3. The highest BCUT2D eigenvalue weighted by atomic mass is 16.5. The number of imide groups is 1. The number of para-hydroxylation sites is 2. The highest BCUT2D eigenvalue weighted by Gasteiger charge is 2.26. The molecule has 4 aromatic rings. The zero-order valence-electron chi connectivity index (χ0n) is 16.8. The summed E-state index contributed by atoms with van der Waals surface area (Å²) in [6.07, 6.45) is 1.51. The van der Waals surface area contributed by atoms with E-state index in [0.717, 1.165) is 28.0 Å². The van der Waals surface area contributed by atoms with Crippen LogP contribution in [0.5, 0.6) is 5.75 Å². The normalized spacial score (nSPS) is 14.6. The third-order valence-corrected chi connectivity index (χ3v) is 5.79. The minimum absolute atomic E-state index is 0.0968. The number of nitrogens with zero attached hydrogens (tertiary/aromatic N) is 2. The largest absolute Gasteiger partial charge is 0.495 e. The molecule has 150 valence electrons. The van der Waals surface area contributed by atoms with E-state index in [9.17, 15) is 9.59 Å². The summed E-state index contributed by atoms with van der Waals surface area (Å²) in [7, 11) is 1.66. The fourth-order valence-corrected chi connectivity index (χ4v) is 4.35. The van der Waals surface area contributed by atoms with Gasteiger partial charge in [-0.1, -0.05) is 42.5 Å². The van der Waals surface area contributed by atoms with Crippen LogP contribution >= 0.6 is 0 Å². The SMILES string of the molecule is COc1ccc(CN2C(=O)CCCC2=O)cc1-n1c2ccccc2c2ccccc21. The summed E-state index contributed by atoms with van der Waals surface area (Å²) < 4.78 is 7.87. The molecule has 2 amide bonds. The predicted molar refractivity (Wildman–Crippen MR) is 117 cm³/mol. The summed E-state index contributed by atoms with van der Waals surface area (Å²) in [6.45, 7) is 0.284. The minimum Gasteiger partial charge on any atom is -0.495 e. The summed E-state index contributed by atoms with van der Waals surface area (Å²) in [5.74, 6) is 0.544. The molecule has 1 aliphatic rings. The van der Waals surface area contributed by atoms with Crippen LogP contribution in [0.25, 0.3) is 27.5 Å². The van der Waals surface area contributed by atoms with Gasteiger partial charge in [-0.25, -0.2) is 0 Å². The first-order valence-corrected chi connectivity index (χ1v) is 10.2. The number of likely N-dealkylation sites (tertiary alicyclic amines) is 1. The molecule has 5 nitrogen and oxygen atoms in total. The lowest BCUT2D eigenvalue weighted by molar-refractivity contribution is -0.148. The zero-order chi connectivity index (χ0) is 20.7. The Hall–Kier alpha value is -3.60. The maximum atomic E-state index is 12.3. The molecule has 1 aromatic heterocycles. The molecule has 0 radical (unpaired) electrons. The van der Waals surface area contributed by atoms with Crippen LogP contribution < -0.4 is 4.74 Å². The van der Waals surface area contributed by atoms with E-state index in [2.05, 4.69) is 28.8 Å². The van der Waals surface area contributed by atoms with Crippen molar-refractivity contribution >= 4 is 33.6 Å². The monoisotopic (exact) mass is 398 g/mol. The number of piperidine rings is 1. The van der Waals surface area contributed by atoms with Crippen molar-refractivity contribution in [3.8, 4) is 11.4 Å². The molecule has 3 aromatic carbocycles. The van der Waals surface area contributed by atoms with E-state index < -0.39 is 0 Å². The van der Waals surface area contributed by atoms with Gasteiger partial charge in [0.2, 0.25) is 11.8 Å². The smallest absolute Gasteiger partial charge is 0.229 e. The molecule has 1 saturated heterocycles. The van der Waals surface area contributed by atoms with E-state index >= 15 is 0 Å². The fourth-order valence-electron chi connectivity index (χ4n) is 4.35. The molecule has 5 heteroatoms. The Balaban J connectivity index is 1.68. The molecule has 1 fully saturated rings. The first-order valence-electron chi connectivity index (χ1n) is 10.2. The Kier molecular flexibility index (Phi) is 4.51. The predicted octanol–water partition coefficient (Wildman–Crippen LogP) is 4.83. The third kappa shape index (κ3) is 2.94. The van der Waals surface area contributed by atoms with Gasteiger partial charge in [0, 0.05) is 23.6 Å². The van der Waals surface area contributed by atoms with E-state index in [4.69, 9.17) is 4.74 Å².